The highest BCUT2D eigenvalue weighted by molar-refractivity contribution is 6.31. The van der Waals surface area contributed by atoms with Crippen molar-refractivity contribution in [2.75, 3.05) is 5.32 Å². The van der Waals surface area contributed by atoms with Crippen LogP contribution in [-0.4, -0.2) is 21.2 Å². The Hall–Kier alpha value is -2.79. The number of aryl methyl sites for hydroxylation is 3. The topological polar surface area (TPSA) is 78.0 Å². The monoisotopic (exact) mass is 355 g/mol. The summed E-state index contributed by atoms with van der Waals surface area (Å²) in [6, 6.07) is 10.6. The fourth-order valence-electron chi connectivity index (χ4n) is 2.59. The molecule has 0 fully saturated rings. The molecule has 3 rings (SSSR count). The maximum absolute atomic E-state index is 12.4. The molecule has 0 atom stereocenters. The first kappa shape index (κ1) is 17.0. The molecule has 2 aromatic carbocycles. The Balaban J connectivity index is 1.86. The van der Waals surface area contributed by atoms with Crippen LogP contribution in [0.2, 0.25) is 5.02 Å². The van der Waals surface area contributed by atoms with Crippen LogP contribution in [0.1, 0.15) is 27.2 Å². The van der Waals surface area contributed by atoms with E-state index in [2.05, 4.69) is 15.5 Å². The van der Waals surface area contributed by atoms with E-state index in [1.165, 1.54) is 0 Å². The molecule has 1 amide bonds. The highest BCUT2D eigenvalue weighted by atomic mass is 35.5. The molecule has 0 aliphatic carbocycles. The summed E-state index contributed by atoms with van der Waals surface area (Å²) < 4.78 is 0. The van der Waals surface area contributed by atoms with Gasteiger partial charge in [0.1, 0.15) is 11.4 Å². The van der Waals surface area contributed by atoms with Crippen LogP contribution in [0.3, 0.4) is 0 Å². The van der Waals surface area contributed by atoms with Gasteiger partial charge < -0.3 is 10.4 Å². The number of rotatable bonds is 3. The number of aromatic hydroxyl groups is 1. The Morgan fingerprint density at radius 3 is 2.60 bits per heavy atom. The average Bonchev–Trinajstić information content (AvgIpc) is 3.03. The Morgan fingerprint density at radius 1 is 1.12 bits per heavy atom. The van der Waals surface area contributed by atoms with Gasteiger partial charge in [0.2, 0.25) is 0 Å². The highest BCUT2D eigenvalue weighted by Gasteiger charge is 2.15. The van der Waals surface area contributed by atoms with E-state index >= 15 is 0 Å². The zero-order chi connectivity index (χ0) is 18.1. The van der Waals surface area contributed by atoms with Gasteiger partial charge in [0.15, 0.2) is 0 Å². The van der Waals surface area contributed by atoms with Gasteiger partial charge in [-0.15, -0.1) is 0 Å². The number of phenolic OH excluding ortho intramolecular Hbond substituents is 1. The molecule has 6 heteroatoms. The lowest BCUT2D eigenvalue weighted by Gasteiger charge is -2.07. The first-order valence-electron chi connectivity index (χ1n) is 7.78. The largest absolute Gasteiger partial charge is 0.507 e. The van der Waals surface area contributed by atoms with Crippen LogP contribution in [0.4, 0.5) is 5.69 Å². The second-order valence-corrected chi connectivity index (χ2v) is 6.47. The van der Waals surface area contributed by atoms with Crippen LogP contribution in [0.15, 0.2) is 36.4 Å². The second kappa shape index (κ2) is 6.61. The van der Waals surface area contributed by atoms with Gasteiger partial charge in [0, 0.05) is 16.3 Å². The number of anilines is 1. The van der Waals surface area contributed by atoms with Gasteiger partial charge in [-0.2, -0.15) is 5.10 Å². The molecule has 0 aliphatic rings. The number of aromatic nitrogens is 2. The molecule has 0 saturated carbocycles. The summed E-state index contributed by atoms with van der Waals surface area (Å²) in [4.78, 5) is 12.4. The fraction of sp³-hybridized carbons (Fsp3) is 0.158. The van der Waals surface area contributed by atoms with Crippen molar-refractivity contribution in [1.29, 1.82) is 0 Å². The minimum Gasteiger partial charge on any atom is -0.507 e. The Bertz CT molecular complexity index is 963. The number of H-pyrrole nitrogens is 1. The summed E-state index contributed by atoms with van der Waals surface area (Å²) in [5.41, 5.74) is 4.84. The smallest absolute Gasteiger partial charge is 0.273 e. The van der Waals surface area contributed by atoms with Crippen LogP contribution in [-0.2, 0) is 0 Å². The third kappa shape index (κ3) is 3.51. The van der Waals surface area contributed by atoms with Gasteiger partial charge >= 0.3 is 0 Å². The number of benzene rings is 2. The number of hydrogen-bond acceptors (Lipinski definition) is 3. The molecule has 128 valence electrons. The lowest BCUT2D eigenvalue weighted by atomic mass is 10.1. The minimum absolute atomic E-state index is 0.0646. The SMILES string of the molecule is Cc1ccc(NC(=O)c2cc(-c3cc(Cl)c(C)cc3O)n[nH]2)c(C)c1. The fourth-order valence-corrected chi connectivity index (χ4v) is 2.75. The molecule has 1 aromatic heterocycles. The van der Waals surface area contributed by atoms with Crippen molar-refractivity contribution in [3.05, 3.63) is 63.8 Å². The molecule has 25 heavy (non-hydrogen) atoms. The van der Waals surface area contributed by atoms with E-state index in [0.29, 0.717) is 22.0 Å². The van der Waals surface area contributed by atoms with Crippen LogP contribution < -0.4 is 5.32 Å². The van der Waals surface area contributed by atoms with Crippen LogP contribution in [0.25, 0.3) is 11.3 Å². The van der Waals surface area contributed by atoms with Gasteiger partial charge in [-0.3, -0.25) is 9.89 Å². The number of nitrogens with zero attached hydrogens (tertiary/aromatic N) is 1. The van der Waals surface area contributed by atoms with E-state index in [1.807, 2.05) is 32.0 Å². The molecule has 5 nitrogen and oxygen atoms in total. The molecule has 0 spiro atoms. The number of phenols is 1. The molecular formula is C19H18ClN3O2. The van der Waals surface area contributed by atoms with Crippen molar-refractivity contribution < 1.29 is 9.90 Å². The zero-order valence-electron chi connectivity index (χ0n) is 14.1. The van der Waals surface area contributed by atoms with Crippen LogP contribution >= 0.6 is 11.6 Å². The van der Waals surface area contributed by atoms with E-state index in [-0.39, 0.29) is 11.7 Å². The molecular weight excluding hydrogens is 338 g/mol. The summed E-state index contributed by atoms with van der Waals surface area (Å²) in [7, 11) is 0. The predicted octanol–water partition coefficient (Wildman–Crippen LogP) is 4.61. The predicted molar refractivity (Wildman–Crippen MR) is 99.3 cm³/mol. The Labute approximate surface area is 150 Å². The van der Waals surface area contributed by atoms with E-state index < -0.39 is 0 Å². The lowest BCUT2D eigenvalue weighted by molar-refractivity contribution is 0.102. The first-order valence-corrected chi connectivity index (χ1v) is 8.16. The van der Waals surface area contributed by atoms with Crippen molar-refractivity contribution in [3.8, 4) is 17.0 Å². The summed E-state index contributed by atoms with van der Waals surface area (Å²) in [5, 5.41) is 20.3. The number of hydrogen-bond donors (Lipinski definition) is 3. The van der Waals surface area contributed by atoms with E-state index in [1.54, 1.807) is 25.1 Å². The van der Waals surface area contributed by atoms with E-state index in [4.69, 9.17) is 11.6 Å². The first-order chi connectivity index (χ1) is 11.8. The maximum Gasteiger partial charge on any atom is 0.273 e. The van der Waals surface area contributed by atoms with Crippen molar-refractivity contribution in [3.63, 3.8) is 0 Å². The number of aromatic amines is 1. The zero-order valence-corrected chi connectivity index (χ0v) is 14.9. The van der Waals surface area contributed by atoms with Crippen LogP contribution in [0, 0.1) is 20.8 Å². The summed E-state index contributed by atoms with van der Waals surface area (Å²) in [6.45, 7) is 5.74. The van der Waals surface area contributed by atoms with Crippen molar-refractivity contribution >= 4 is 23.2 Å². The molecule has 3 aromatic rings. The Morgan fingerprint density at radius 2 is 1.88 bits per heavy atom. The van der Waals surface area contributed by atoms with Gasteiger partial charge in [0.05, 0.1) is 5.69 Å². The van der Waals surface area contributed by atoms with E-state index in [0.717, 1.165) is 22.4 Å². The van der Waals surface area contributed by atoms with Crippen molar-refractivity contribution in [2.45, 2.75) is 20.8 Å². The lowest BCUT2D eigenvalue weighted by Crippen LogP contribution is -2.13. The van der Waals surface area contributed by atoms with Gasteiger partial charge in [0.25, 0.3) is 5.91 Å². The third-order valence-corrected chi connectivity index (χ3v) is 4.41. The number of nitrogens with one attached hydrogen (secondary N) is 2. The minimum atomic E-state index is -0.302. The normalized spacial score (nSPS) is 10.7. The highest BCUT2D eigenvalue weighted by Crippen LogP contribution is 2.33. The average molecular weight is 356 g/mol. The molecule has 0 bridgehead atoms. The maximum atomic E-state index is 12.4. The van der Waals surface area contributed by atoms with Gasteiger partial charge in [-0.25, -0.2) is 0 Å². The molecule has 0 unspecified atom stereocenters. The standard InChI is InChI=1S/C19H18ClN3O2/c1-10-4-5-15(12(3)6-10)21-19(25)17-9-16(22-23-17)13-8-14(20)11(2)7-18(13)24/h4-9,24H,1-3H3,(H,21,25)(H,22,23). The van der Waals surface area contributed by atoms with E-state index in [9.17, 15) is 9.90 Å². The summed E-state index contributed by atoms with van der Waals surface area (Å²) in [6.07, 6.45) is 0. The van der Waals surface area contributed by atoms with Crippen molar-refractivity contribution in [2.24, 2.45) is 0 Å². The van der Waals surface area contributed by atoms with Crippen LogP contribution in [0.5, 0.6) is 5.75 Å². The number of carbonyl (C=O) groups excluding carboxylic acids is 1. The summed E-state index contributed by atoms with van der Waals surface area (Å²) >= 11 is 6.11. The van der Waals surface area contributed by atoms with Crippen molar-refractivity contribution in [1.82, 2.24) is 10.2 Å². The van der Waals surface area contributed by atoms with Gasteiger partial charge in [-0.05, 0) is 56.2 Å². The Kier molecular flexibility index (Phi) is 4.51. The number of halogens is 1. The quantitative estimate of drug-likeness (QED) is 0.641. The molecule has 0 radical (unpaired) electrons. The molecule has 1 heterocycles. The van der Waals surface area contributed by atoms with Gasteiger partial charge in [-0.1, -0.05) is 29.3 Å². The number of carbonyl (C=O) groups is 1. The third-order valence-electron chi connectivity index (χ3n) is 4.01. The summed E-state index contributed by atoms with van der Waals surface area (Å²) in [5.74, 6) is -0.238. The second-order valence-electron chi connectivity index (χ2n) is 6.06. The number of amides is 1. The molecule has 0 aliphatic heterocycles. The molecule has 0 saturated heterocycles. The molecule has 3 N–H and O–H groups in total.